The van der Waals surface area contributed by atoms with Crippen LogP contribution in [0.25, 0.3) is 0 Å². The lowest BCUT2D eigenvalue weighted by molar-refractivity contribution is -0.134. The summed E-state index contributed by atoms with van der Waals surface area (Å²) in [6.45, 7) is 6.74. The summed E-state index contributed by atoms with van der Waals surface area (Å²) in [6, 6.07) is -0.704. The number of amides is 1. The minimum atomic E-state index is -0.704. The smallest absolute Gasteiger partial charge is 0.241 e. The second-order valence-corrected chi connectivity index (χ2v) is 4.55. The van der Waals surface area contributed by atoms with Crippen LogP contribution < -0.4 is 5.73 Å². The lowest BCUT2D eigenvalue weighted by Crippen LogP contribution is -2.45. The molecule has 0 aromatic rings. The van der Waals surface area contributed by atoms with E-state index in [0.717, 1.165) is 0 Å². The predicted octanol–water partition coefficient (Wildman–Crippen LogP) is 0.789. The number of nitrogens with one attached hydrogen (secondary N) is 1. The fourth-order valence-corrected chi connectivity index (χ4v) is 0.929. The van der Waals surface area contributed by atoms with Crippen LogP contribution in [0.5, 0.6) is 0 Å². The molecule has 14 heavy (non-hydrogen) atoms. The van der Waals surface area contributed by atoms with Crippen LogP contribution in [0, 0.1) is 5.41 Å². The Morgan fingerprint density at radius 3 is 2.36 bits per heavy atom. The molecule has 83 valence electrons. The summed E-state index contributed by atoms with van der Waals surface area (Å²) in [4.78, 5) is 13.2. The minimum Gasteiger partial charge on any atom is -0.383 e. The Labute approximate surface area is 86.4 Å². The summed E-state index contributed by atoms with van der Waals surface area (Å²) < 4.78 is 4.87. The van der Waals surface area contributed by atoms with Gasteiger partial charge in [-0.25, -0.2) is 5.73 Å². The predicted molar refractivity (Wildman–Crippen MR) is 55.9 cm³/mol. The van der Waals surface area contributed by atoms with Gasteiger partial charge in [-0.15, -0.1) is 0 Å². The Morgan fingerprint density at radius 2 is 2.00 bits per heavy atom. The molecule has 0 heterocycles. The number of methoxy groups -OCH3 is 1. The number of ether oxygens (including phenoxy) is 1. The van der Waals surface area contributed by atoms with Gasteiger partial charge in [0.2, 0.25) is 5.91 Å². The average molecular weight is 201 g/mol. The third-order valence-corrected chi connectivity index (χ3v) is 2.12. The average Bonchev–Trinajstić information content (AvgIpc) is 2.10. The van der Waals surface area contributed by atoms with Crippen LogP contribution in [0.2, 0.25) is 0 Å². The van der Waals surface area contributed by atoms with Gasteiger partial charge in [-0.2, -0.15) is 0 Å². The molecule has 1 unspecified atom stereocenters. The van der Waals surface area contributed by atoms with Crippen LogP contribution >= 0.6 is 0 Å². The van der Waals surface area contributed by atoms with Crippen LogP contribution in [0.1, 0.15) is 20.8 Å². The van der Waals surface area contributed by atoms with Crippen molar-refractivity contribution in [2.24, 2.45) is 5.41 Å². The number of rotatable bonds is 4. The maximum absolute atomic E-state index is 11.7. The number of carbonyl (C=O) groups is 1. The summed E-state index contributed by atoms with van der Waals surface area (Å²) >= 11 is 0. The van der Waals surface area contributed by atoms with Crippen molar-refractivity contribution in [3.8, 4) is 0 Å². The van der Waals surface area contributed by atoms with Gasteiger partial charge in [0.1, 0.15) is 6.04 Å². The van der Waals surface area contributed by atoms with E-state index in [0.29, 0.717) is 13.2 Å². The van der Waals surface area contributed by atoms with Gasteiger partial charge >= 0.3 is 0 Å². The van der Waals surface area contributed by atoms with Crippen LogP contribution in [-0.4, -0.2) is 44.2 Å². The zero-order valence-corrected chi connectivity index (χ0v) is 9.76. The van der Waals surface area contributed by atoms with Gasteiger partial charge < -0.3 is 9.64 Å². The second-order valence-electron chi connectivity index (χ2n) is 4.55. The Morgan fingerprint density at radius 1 is 1.50 bits per heavy atom. The standard InChI is InChI=1S/C10H21N2O2/c1-10(2,3)8(11)9(13)12(4)6-7-14-5/h8,11H,6-7H2,1-5H3. The molecular formula is C10H21N2O2. The molecule has 0 aliphatic rings. The van der Waals surface area contributed by atoms with Crippen molar-refractivity contribution in [3.05, 3.63) is 0 Å². The van der Waals surface area contributed by atoms with E-state index in [4.69, 9.17) is 10.5 Å². The highest BCUT2D eigenvalue weighted by Crippen LogP contribution is 2.19. The molecule has 4 heteroatoms. The van der Waals surface area contributed by atoms with E-state index in [9.17, 15) is 4.79 Å². The molecule has 1 radical (unpaired) electrons. The molecule has 1 amide bonds. The Bertz CT molecular complexity index is 187. The monoisotopic (exact) mass is 201 g/mol. The minimum absolute atomic E-state index is 0.144. The van der Waals surface area contributed by atoms with Gasteiger partial charge in [-0.3, -0.25) is 4.79 Å². The molecule has 1 N–H and O–H groups in total. The summed E-state index contributed by atoms with van der Waals surface area (Å²) in [6.07, 6.45) is 0. The molecule has 0 aliphatic heterocycles. The quantitative estimate of drug-likeness (QED) is 0.675. The highest BCUT2D eigenvalue weighted by atomic mass is 16.5. The van der Waals surface area contributed by atoms with Crippen molar-refractivity contribution in [2.75, 3.05) is 27.3 Å². The third kappa shape index (κ3) is 4.07. The zero-order chi connectivity index (χ0) is 11.4. The largest absolute Gasteiger partial charge is 0.383 e. The van der Waals surface area contributed by atoms with E-state index < -0.39 is 6.04 Å². The molecule has 0 saturated heterocycles. The van der Waals surface area contributed by atoms with E-state index >= 15 is 0 Å². The molecule has 0 aromatic heterocycles. The van der Waals surface area contributed by atoms with Crippen LogP contribution in [-0.2, 0) is 9.53 Å². The first kappa shape index (κ1) is 13.4. The molecule has 0 rings (SSSR count). The lowest BCUT2D eigenvalue weighted by atomic mass is 9.86. The molecule has 0 aromatic carbocycles. The SMILES string of the molecule is COCCN(C)C(=O)C([NH])C(C)(C)C. The van der Waals surface area contributed by atoms with Gasteiger partial charge in [0.15, 0.2) is 0 Å². The Kier molecular flexibility index (Phi) is 5.08. The molecule has 4 nitrogen and oxygen atoms in total. The van der Waals surface area contributed by atoms with Crippen molar-refractivity contribution in [3.63, 3.8) is 0 Å². The molecule has 1 atom stereocenters. The maximum Gasteiger partial charge on any atom is 0.241 e. The van der Waals surface area contributed by atoms with E-state index in [2.05, 4.69) is 0 Å². The Hall–Kier alpha value is -0.610. The van der Waals surface area contributed by atoms with Crippen LogP contribution in [0.15, 0.2) is 0 Å². The van der Waals surface area contributed by atoms with E-state index in [1.807, 2.05) is 20.8 Å². The second kappa shape index (κ2) is 5.32. The number of hydrogen-bond donors (Lipinski definition) is 0. The fourth-order valence-electron chi connectivity index (χ4n) is 0.929. The first-order chi connectivity index (χ1) is 6.30. The van der Waals surface area contributed by atoms with Gasteiger partial charge in [0.05, 0.1) is 6.61 Å². The number of carbonyl (C=O) groups excluding carboxylic acids is 1. The van der Waals surface area contributed by atoms with E-state index in [1.165, 1.54) is 0 Å². The van der Waals surface area contributed by atoms with Crippen molar-refractivity contribution in [2.45, 2.75) is 26.8 Å². The number of hydrogen-bond acceptors (Lipinski definition) is 2. The van der Waals surface area contributed by atoms with Crippen molar-refractivity contribution in [1.82, 2.24) is 10.6 Å². The topological polar surface area (TPSA) is 53.3 Å². The van der Waals surface area contributed by atoms with Gasteiger partial charge in [-0.1, -0.05) is 20.8 Å². The highest BCUT2D eigenvalue weighted by molar-refractivity contribution is 5.82. The van der Waals surface area contributed by atoms with Crippen molar-refractivity contribution in [1.29, 1.82) is 0 Å². The lowest BCUT2D eigenvalue weighted by Gasteiger charge is -2.29. The number of likely N-dealkylation sites (N-methyl/N-ethyl adjacent to an activating group) is 1. The fraction of sp³-hybridized carbons (Fsp3) is 0.900. The van der Waals surface area contributed by atoms with Crippen LogP contribution in [0.4, 0.5) is 0 Å². The molecule has 0 bridgehead atoms. The zero-order valence-electron chi connectivity index (χ0n) is 9.76. The van der Waals surface area contributed by atoms with Crippen molar-refractivity contribution >= 4 is 5.91 Å². The molecule has 0 spiro atoms. The van der Waals surface area contributed by atoms with Gasteiger partial charge in [-0.05, 0) is 5.41 Å². The maximum atomic E-state index is 11.7. The van der Waals surface area contributed by atoms with Gasteiger partial charge in [0.25, 0.3) is 0 Å². The normalized spacial score (nSPS) is 13.9. The molecule has 0 saturated carbocycles. The summed E-state index contributed by atoms with van der Waals surface area (Å²) in [5.74, 6) is -0.144. The molecular weight excluding hydrogens is 180 g/mol. The summed E-state index contributed by atoms with van der Waals surface area (Å²) in [5, 5.41) is 0. The van der Waals surface area contributed by atoms with E-state index in [-0.39, 0.29) is 11.3 Å². The molecule has 0 aliphatic carbocycles. The summed E-state index contributed by atoms with van der Waals surface area (Å²) in [7, 11) is 3.30. The third-order valence-electron chi connectivity index (χ3n) is 2.12. The van der Waals surface area contributed by atoms with Gasteiger partial charge in [0, 0.05) is 20.7 Å². The van der Waals surface area contributed by atoms with E-state index in [1.54, 1.807) is 19.1 Å². The summed E-state index contributed by atoms with van der Waals surface area (Å²) in [5.41, 5.74) is 7.46. The van der Waals surface area contributed by atoms with Crippen molar-refractivity contribution < 1.29 is 9.53 Å². The number of nitrogens with zero attached hydrogens (tertiary/aromatic N) is 1. The van der Waals surface area contributed by atoms with Crippen LogP contribution in [0.3, 0.4) is 0 Å². The molecule has 0 fully saturated rings. The first-order valence-corrected chi connectivity index (χ1v) is 4.75. The highest BCUT2D eigenvalue weighted by Gasteiger charge is 2.30. The first-order valence-electron chi connectivity index (χ1n) is 4.75. The Balaban J connectivity index is 4.18.